The molecule has 0 N–H and O–H groups in total. The molecule has 8 rings (SSSR count). The molecule has 0 radical (unpaired) electrons. The van der Waals surface area contributed by atoms with Gasteiger partial charge in [0, 0.05) is 23.0 Å². The molecule has 0 aliphatic heterocycles. The van der Waals surface area contributed by atoms with Crippen LogP contribution in [0.3, 0.4) is 0 Å². The quantitative estimate of drug-likeness (QED) is 0.259. The van der Waals surface area contributed by atoms with Gasteiger partial charge in [0.2, 0.25) is 0 Å². The van der Waals surface area contributed by atoms with Gasteiger partial charge in [-0.1, -0.05) is 164 Å². The highest BCUT2D eigenvalue weighted by Crippen LogP contribution is 2.35. The number of nitrogens with zero attached hydrogens (tertiary/aromatic N) is 2. The van der Waals surface area contributed by atoms with Crippen LogP contribution in [0.15, 0.2) is 206 Å². The fourth-order valence-corrected chi connectivity index (χ4v) is 7.29. The Morgan fingerprint density at radius 3 is 2.12 bits per heavy atom. The average molecular weight is 621 g/mol. The smallest absolute Gasteiger partial charge is 0.0669 e. The van der Waals surface area contributed by atoms with Crippen LogP contribution in [-0.4, -0.2) is 23.0 Å². The van der Waals surface area contributed by atoms with E-state index in [-0.39, 0.29) is 24.0 Å². The minimum absolute atomic E-state index is 0.161. The van der Waals surface area contributed by atoms with Crippen molar-refractivity contribution in [3.8, 4) is 0 Å². The Balaban J connectivity index is 1.06. The molecule has 2 nitrogen and oxygen atoms in total. The van der Waals surface area contributed by atoms with Gasteiger partial charge in [-0.15, -0.1) is 0 Å². The first-order valence-electron chi connectivity index (χ1n) is 17.2. The number of fused-ring (bicyclic) bond motifs is 2. The summed E-state index contributed by atoms with van der Waals surface area (Å²) in [6, 6.07) is 25.2. The van der Waals surface area contributed by atoms with Crippen LogP contribution in [0.25, 0.3) is 16.3 Å². The summed E-state index contributed by atoms with van der Waals surface area (Å²) in [6.45, 7) is 0. The van der Waals surface area contributed by atoms with Gasteiger partial charge in [0.05, 0.1) is 18.1 Å². The number of anilines is 2. The zero-order chi connectivity index (χ0) is 32.1. The molecule has 5 aliphatic carbocycles. The second kappa shape index (κ2) is 13.6. The largest absolute Gasteiger partial charge is 0.355 e. The van der Waals surface area contributed by atoms with E-state index in [1.807, 2.05) is 0 Å². The van der Waals surface area contributed by atoms with Crippen LogP contribution >= 0.6 is 0 Å². The maximum atomic E-state index is 2.57. The van der Waals surface area contributed by atoms with E-state index in [0.29, 0.717) is 0 Å². The third-order valence-electron chi connectivity index (χ3n) is 9.71. The summed E-state index contributed by atoms with van der Waals surface area (Å²) in [6.07, 6.45) is 49.1. The van der Waals surface area contributed by atoms with E-state index < -0.39 is 0 Å². The van der Waals surface area contributed by atoms with Crippen molar-refractivity contribution in [1.29, 1.82) is 0 Å². The Morgan fingerprint density at radius 1 is 0.542 bits per heavy atom. The fraction of sp³-hybridized carbons (Fsp3) is 0.130. The Labute approximate surface area is 284 Å². The Morgan fingerprint density at radius 2 is 1.33 bits per heavy atom. The normalized spacial score (nSPS) is 22.6. The fourth-order valence-electron chi connectivity index (χ4n) is 7.29. The molecule has 5 aliphatic rings. The third-order valence-corrected chi connectivity index (χ3v) is 9.71. The van der Waals surface area contributed by atoms with Gasteiger partial charge in [-0.3, -0.25) is 0 Å². The number of hydrogen-bond donors (Lipinski definition) is 0. The number of hydrogen-bond acceptors (Lipinski definition) is 2. The van der Waals surface area contributed by atoms with Crippen molar-refractivity contribution < 1.29 is 0 Å². The van der Waals surface area contributed by atoms with Gasteiger partial charge in [-0.2, -0.15) is 0 Å². The van der Waals surface area contributed by atoms with Gasteiger partial charge in [-0.25, -0.2) is 0 Å². The highest BCUT2D eigenvalue weighted by Gasteiger charge is 2.26. The summed E-state index contributed by atoms with van der Waals surface area (Å²) in [5.74, 6) is 0.269. The van der Waals surface area contributed by atoms with Gasteiger partial charge >= 0.3 is 0 Å². The molecule has 2 bridgehead atoms. The second-order valence-corrected chi connectivity index (χ2v) is 12.9. The van der Waals surface area contributed by atoms with Crippen LogP contribution in [0.2, 0.25) is 0 Å². The second-order valence-electron chi connectivity index (χ2n) is 12.9. The minimum atomic E-state index is 0.161. The standard InChI is InChI=1S/C46H40N2/c1-2-5-17-41(16-4-1)47(45-26-20-35-12-8-9-13-36(32-35)33-45)43-27-21-38(22-28-43)39-23-29-44(30-24-39)48(42-18-6-3-7-19-42)46-31-25-37-14-10-11-15-40(37)34-46/h1-18,20-27,29-34,36,41-43H,19,28H2. The SMILES string of the molecule is C1=CC=CC(N(C2=CC3C=CC=CC(=C3)C=C2)C2C=CC(c3ccc(N(c4ccc5ccccc5c4)C4C=CC=CC4)cc3)=CC2)C=C1. The Bertz CT molecular complexity index is 2030. The highest BCUT2D eigenvalue weighted by atomic mass is 15.2. The minimum Gasteiger partial charge on any atom is -0.355 e. The van der Waals surface area contributed by atoms with Gasteiger partial charge in [0.15, 0.2) is 0 Å². The topological polar surface area (TPSA) is 6.48 Å². The first kappa shape index (κ1) is 29.8. The maximum Gasteiger partial charge on any atom is 0.0669 e. The molecule has 0 aromatic heterocycles. The van der Waals surface area contributed by atoms with Gasteiger partial charge in [0.1, 0.15) is 0 Å². The van der Waals surface area contributed by atoms with Crippen molar-refractivity contribution in [3.63, 3.8) is 0 Å². The van der Waals surface area contributed by atoms with E-state index in [1.165, 1.54) is 44.6 Å². The predicted molar refractivity (Wildman–Crippen MR) is 205 cm³/mol. The molecule has 234 valence electrons. The molecule has 3 unspecified atom stereocenters. The summed E-state index contributed by atoms with van der Waals surface area (Å²) < 4.78 is 0. The summed E-state index contributed by atoms with van der Waals surface area (Å²) in [5, 5.41) is 2.53. The molecular weight excluding hydrogens is 581 g/mol. The van der Waals surface area contributed by atoms with E-state index >= 15 is 0 Å². The molecule has 0 heterocycles. The van der Waals surface area contributed by atoms with E-state index in [9.17, 15) is 0 Å². The van der Waals surface area contributed by atoms with Crippen LogP contribution in [0.4, 0.5) is 11.4 Å². The van der Waals surface area contributed by atoms with Crippen molar-refractivity contribution in [2.45, 2.75) is 31.0 Å². The first-order valence-corrected chi connectivity index (χ1v) is 17.2. The summed E-state index contributed by atoms with van der Waals surface area (Å²) in [7, 11) is 0. The highest BCUT2D eigenvalue weighted by molar-refractivity contribution is 5.87. The monoisotopic (exact) mass is 620 g/mol. The van der Waals surface area contributed by atoms with Gasteiger partial charge < -0.3 is 9.80 Å². The third kappa shape index (κ3) is 6.35. The zero-order valence-corrected chi connectivity index (χ0v) is 27.1. The molecule has 3 aromatic rings. The van der Waals surface area contributed by atoms with Crippen LogP contribution < -0.4 is 4.90 Å². The lowest BCUT2D eigenvalue weighted by atomic mass is 9.94. The van der Waals surface area contributed by atoms with Gasteiger partial charge in [-0.05, 0) is 70.7 Å². The van der Waals surface area contributed by atoms with E-state index in [4.69, 9.17) is 0 Å². The Kier molecular flexibility index (Phi) is 8.46. The zero-order valence-electron chi connectivity index (χ0n) is 27.1. The van der Waals surface area contributed by atoms with Crippen LogP contribution in [-0.2, 0) is 0 Å². The predicted octanol–water partition coefficient (Wildman–Crippen LogP) is 11.0. The molecule has 3 aromatic carbocycles. The maximum absolute atomic E-state index is 2.57. The lowest BCUT2D eigenvalue weighted by molar-refractivity contribution is 0.284. The molecule has 0 spiro atoms. The summed E-state index contributed by atoms with van der Waals surface area (Å²) in [5.41, 5.74) is 7.45. The molecule has 0 saturated heterocycles. The lowest BCUT2D eigenvalue weighted by Crippen LogP contribution is -2.40. The van der Waals surface area contributed by atoms with Crippen LogP contribution in [0, 0.1) is 5.92 Å². The van der Waals surface area contributed by atoms with Gasteiger partial charge in [0.25, 0.3) is 0 Å². The number of benzene rings is 3. The number of allylic oxidation sites excluding steroid dienone is 17. The van der Waals surface area contributed by atoms with E-state index in [2.05, 4.69) is 204 Å². The molecule has 2 heteroatoms. The van der Waals surface area contributed by atoms with Crippen LogP contribution in [0.5, 0.6) is 0 Å². The first-order chi connectivity index (χ1) is 23.8. The van der Waals surface area contributed by atoms with Crippen molar-refractivity contribution in [1.82, 2.24) is 4.90 Å². The molecule has 0 amide bonds. The van der Waals surface area contributed by atoms with Crippen molar-refractivity contribution in [2.75, 3.05) is 4.90 Å². The Hall–Kier alpha value is -5.60. The molecule has 3 atom stereocenters. The number of rotatable bonds is 7. The van der Waals surface area contributed by atoms with E-state index in [1.54, 1.807) is 0 Å². The summed E-state index contributed by atoms with van der Waals surface area (Å²) >= 11 is 0. The van der Waals surface area contributed by atoms with Crippen molar-refractivity contribution in [2.24, 2.45) is 5.92 Å². The molecule has 0 fully saturated rings. The molecule has 0 saturated carbocycles. The lowest BCUT2D eigenvalue weighted by Gasteiger charge is -2.38. The average Bonchev–Trinajstić information content (AvgIpc) is 3.63. The van der Waals surface area contributed by atoms with Crippen molar-refractivity contribution in [3.05, 3.63) is 211 Å². The summed E-state index contributed by atoms with van der Waals surface area (Å²) in [4.78, 5) is 5.04. The van der Waals surface area contributed by atoms with Crippen molar-refractivity contribution >= 4 is 27.7 Å². The molecule has 48 heavy (non-hydrogen) atoms. The van der Waals surface area contributed by atoms with Crippen LogP contribution in [0.1, 0.15) is 18.4 Å². The van der Waals surface area contributed by atoms with E-state index in [0.717, 1.165) is 12.8 Å². The molecular formula is C46H40N2.